The van der Waals surface area contributed by atoms with Gasteiger partial charge in [-0.3, -0.25) is 0 Å². The van der Waals surface area contributed by atoms with Gasteiger partial charge in [0.2, 0.25) is 0 Å². The van der Waals surface area contributed by atoms with Gasteiger partial charge in [-0.2, -0.15) is 0 Å². The van der Waals surface area contributed by atoms with Crippen molar-refractivity contribution in [1.82, 2.24) is 0 Å². The van der Waals surface area contributed by atoms with Crippen LogP contribution in [-0.2, 0) is 0 Å². The Kier molecular flexibility index (Phi) is 2.62. The van der Waals surface area contributed by atoms with Gasteiger partial charge in [0.1, 0.15) is 5.75 Å². The molecule has 0 fully saturated rings. The molecule has 0 amide bonds. The molecule has 0 aliphatic rings. The van der Waals surface area contributed by atoms with Gasteiger partial charge in [0.25, 0.3) is 0 Å². The molecule has 0 saturated carbocycles. The third kappa shape index (κ3) is 1.67. The first-order valence-corrected chi connectivity index (χ1v) is 4.05. The van der Waals surface area contributed by atoms with Crippen LogP contribution in [-0.4, -0.2) is 5.11 Å². The highest BCUT2D eigenvalue weighted by Gasteiger charge is 1.97. The van der Waals surface area contributed by atoms with Crippen molar-refractivity contribution in [1.29, 1.82) is 0 Å². The van der Waals surface area contributed by atoms with Gasteiger partial charge in [0.05, 0.1) is 33.6 Å². The van der Waals surface area contributed by atoms with Crippen molar-refractivity contribution in [3.63, 3.8) is 0 Å². The molecule has 0 heterocycles. The molecule has 0 atom stereocenters. The Morgan fingerprint density at radius 3 is 2.70 bits per heavy atom. The molecule has 1 aromatic carbocycles. The molecular weight excluding hydrogens is 264 g/mol. The number of aromatic hydroxyl groups is 1. The number of halogens is 2. The summed E-state index contributed by atoms with van der Waals surface area (Å²) in [6, 6.07) is 4.78. The number of rotatable bonds is 1. The van der Waals surface area contributed by atoms with E-state index < -0.39 is 0 Å². The predicted molar refractivity (Wildman–Crippen MR) is 50.8 cm³/mol. The van der Waals surface area contributed by atoms with Crippen molar-refractivity contribution in [2.45, 2.75) is 0 Å². The zero-order chi connectivity index (χ0) is 7.56. The van der Waals surface area contributed by atoms with Gasteiger partial charge in [-0.05, 0) is 12.1 Å². The highest BCUT2D eigenvalue weighted by Crippen LogP contribution is 2.26. The van der Waals surface area contributed by atoms with Crippen LogP contribution in [0, 0.1) is 0 Å². The van der Waals surface area contributed by atoms with Crippen molar-refractivity contribution in [3.8, 4) is 5.75 Å². The third-order valence-corrected chi connectivity index (χ3v) is 1.95. The maximum Gasteiger partial charge on any atom is 0.117 e. The van der Waals surface area contributed by atoms with Gasteiger partial charge in [0.15, 0.2) is 0 Å². The van der Waals surface area contributed by atoms with Crippen LogP contribution in [0.1, 0.15) is 0 Å². The van der Waals surface area contributed by atoms with E-state index in [0.717, 1.165) is 5.69 Å². The summed E-state index contributed by atoms with van der Waals surface area (Å²) in [7, 11) is 0. The first kappa shape index (κ1) is 7.94. The quantitative estimate of drug-likeness (QED) is 0.467. The Labute approximate surface area is 77.7 Å². The van der Waals surface area contributed by atoms with Crippen LogP contribution in [0.5, 0.6) is 5.75 Å². The zero-order valence-corrected chi connectivity index (χ0v) is 7.85. The van der Waals surface area contributed by atoms with E-state index in [1.54, 1.807) is 12.1 Å². The number of phenols is 1. The molecule has 0 spiro atoms. The monoisotopic (exact) mass is 269 g/mol. The Balaban J connectivity index is 3.07. The van der Waals surface area contributed by atoms with E-state index in [4.69, 9.17) is 16.7 Å². The summed E-state index contributed by atoms with van der Waals surface area (Å²) in [5.41, 5.74) is 0.806. The van der Waals surface area contributed by atoms with E-state index in [-0.39, 0.29) is 5.75 Å². The third-order valence-electron chi connectivity index (χ3n) is 1.05. The minimum atomic E-state index is 0.181. The SMILES string of the molecule is Oc1ccc(NI)c(Cl)c1. The second-order valence-corrected chi connectivity index (χ2v) is 2.71. The van der Waals surface area contributed by atoms with Crippen molar-refractivity contribution >= 4 is 40.2 Å². The molecule has 1 aromatic rings. The lowest BCUT2D eigenvalue weighted by Gasteiger charge is -2.00. The lowest BCUT2D eigenvalue weighted by atomic mass is 10.3. The Bertz CT molecular complexity index is 241. The van der Waals surface area contributed by atoms with E-state index in [0.29, 0.717) is 5.02 Å². The molecular formula is C6H5ClINO. The molecule has 2 N–H and O–H groups in total. The molecule has 0 aliphatic carbocycles. The Morgan fingerprint density at radius 2 is 2.20 bits per heavy atom. The number of anilines is 1. The largest absolute Gasteiger partial charge is 0.508 e. The fraction of sp³-hybridized carbons (Fsp3) is 0. The number of phenolic OH excluding ortho intramolecular Hbond substituents is 1. The average molecular weight is 269 g/mol. The van der Waals surface area contributed by atoms with Gasteiger partial charge >= 0.3 is 0 Å². The maximum atomic E-state index is 8.92. The van der Waals surface area contributed by atoms with Crippen molar-refractivity contribution in [3.05, 3.63) is 23.2 Å². The number of benzene rings is 1. The molecule has 0 radical (unpaired) electrons. The number of hydrogen-bond acceptors (Lipinski definition) is 2. The average Bonchev–Trinajstić information content (AvgIpc) is 1.88. The summed E-state index contributed by atoms with van der Waals surface area (Å²) < 4.78 is 2.85. The fourth-order valence-electron chi connectivity index (χ4n) is 0.581. The van der Waals surface area contributed by atoms with Gasteiger partial charge in [-0.25, -0.2) is 0 Å². The normalized spacial score (nSPS) is 9.40. The number of hydrogen-bond donors (Lipinski definition) is 2. The van der Waals surface area contributed by atoms with Gasteiger partial charge in [-0.15, -0.1) is 0 Å². The van der Waals surface area contributed by atoms with E-state index in [2.05, 4.69) is 3.53 Å². The first-order chi connectivity index (χ1) is 4.74. The smallest absolute Gasteiger partial charge is 0.117 e. The molecule has 1 rings (SSSR count). The molecule has 4 heteroatoms. The molecule has 0 unspecified atom stereocenters. The summed E-state index contributed by atoms with van der Waals surface area (Å²) in [6.07, 6.45) is 0. The van der Waals surface area contributed by atoms with Crippen LogP contribution >= 0.6 is 34.5 Å². The zero-order valence-electron chi connectivity index (χ0n) is 4.94. The van der Waals surface area contributed by atoms with E-state index in [1.807, 2.05) is 22.9 Å². The van der Waals surface area contributed by atoms with Crippen molar-refractivity contribution < 1.29 is 5.11 Å². The summed E-state index contributed by atoms with van der Waals surface area (Å²) in [5, 5.41) is 9.44. The van der Waals surface area contributed by atoms with E-state index in [1.165, 1.54) is 6.07 Å². The van der Waals surface area contributed by atoms with Crippen molar-refractivity contribution in [2.75, 3.05) is 3.53 Å². The maximum absolute atomic E-state index is 8.92. The molecule has 0 aliphatic heterocycles. The molecule has 0 aromatic heterocycles. The standard InChI is InChI=1S/C6H5ClINO/c7-5-3-4(10)1-2-6(5)9-8/h1-3,9-10H. The minimum absolute atomic E-state index is 0.181. The molecule has 10 heavy (non-hydrogen) atoms. The van der Waals surface area contributed by atoms with Crippen LogP contribution in [0.25, 0.3) is 0 Å². The van der Waals surface area contributed by atoms with Gasteiger partial charge < -0.3 is 8.64 Å². The fourth-order valence-corrected chi connectivity index (χ4v) is 1.43. The number of nitrogens with one attached hydrogen (secondary N) is 1. The lowest BCUT2D eigenvalue weighted by molar-refractivity contribution is 0.475. The Morgan fingerprint density at radius 1 is 1.50 bits per heavy atom. The summed E-state index contributed by atoms with van der Waals surface area (Å²) in [6.45, 7) is 0. The van der Waals surface area contributed by atoms with Crippen LogP contribution in [0.15, 0.2) is 18.2 Å². The Hall–Kier alpha value is -0.160. The lowest BCUT2D eigenvalue weighted by Crippen LogP contribution is -1.78. The van der Waals surface area contributed by atoms with E-state index in [9.17, 15) is 0 Å². The second-order valence-electron chi connectivity index (χ2n) is 1.76. The predicted octanol–water partition coefficient (Wildman–Crippen LogP) is 2.81. The van der Waals surface area contributed by atoms with Crippen LogP contribution in [0.3, 0.4) is 0 Å². The van der Waals surface area contributed by atoms with Crippen LogP contribution < -0.4 is 3.53 Å². The second kappa shape index (κ2) is 3.30. The van der Waals surface area contributed by atoms with Crippen LogP contribution in [0.2, 0.25) is 5.02 Å². The molecule has 54 valence electrons. The van der Waals surface area contributed by atoms with E-state index >= 15 is 0 Å². The molecule has 2 nitrogen and oxygen atoms in total. The molecule has 0 saturated heterocycles. The molecule has 0 bridgehead atoms. The topological polar surface area (TPSA) is 32.3 Å². The highest BCUT2D eigenvalue weighted by molar-refractivity contribution is 14.1. The minimum Gasteiger partial charge on any atom is -0.508 e. The summed E-state index contributed by atoms with van der Waals surface area (Å²) in [4.78, 5) is 0. The van der Waals surface area contributed by atoms with Gasteiger partial charge in [0, 0.05) is 6.07 Å². The van der Waals surface area contributed by atoms with Gasteiger partial charge in [-0.1, -0.05) is 11.6 Å². The summed E-state index contributed by atoms with van der Waals surface area (Å²) in [5.74, 6) is 0.181. The highest BCUT2D eigenvalue weighted by atomic mass is 127. The summed E-state index contributed by atoms with van der Waals surface area (Å²) >= 11 is 7.68. The van der Waals surface area contributed by atoms with Crippen LogP contribution in [0.4, 0.5) is 5.69 Å². The van der Waals surface area contributed by atoms with Crippen molar-refractivity contribution in [2.24, 2.45) is 0 Å². The first-order valence-electron chi connectivity index (χ1n) is 2.59.